The first-order valence-electron chi connectivity index (χ1n) is 8.76. The molecular weight excluding hydrogens is 346 g/mol. The van der Waals surface area contributed by atoms with Crippen molar-refractivity contribution in [1.82, 2.24) is 29.5 Å². The fraction of sp³-hybridized carbons (Fsp3) is 0.333. The molecule has 8 heteroatoms. The molecule has 1 saturated heterocycles. The lowest BCUT2D eigenvalue weighted by Gasteiger charge is -2.37. The smallest absolute Gasteiger partial charge is 0.245 e. The van der Waals surface area contributed by atoms with Crippen LogP contribution < -0.4 is 4.90 Å². The lowest BCUT2D eigenvalue weighted by molar-refractivity contribution is 0.198. The second kappa shape index (κ2) is 6.30. The van der Waals surface area contributed by atoms with Gasteiger partial charge in [0.15, 0.2) is 5.65 Å². The van der Waals surface area contributed by atoms with E-state index < -0.39 is 0 Å². The number of piperazine rings is 1. The predicted molar refractivity (Wildman–Crippen MR) is 103 cm³/mol. The lowest BCUT2D eigenvalue weighted by Crippen LogP contribution is -2.47. The Labute approximate surface area is 154 Å². The fourth-order valence-corrected chi connectivity index (χ4v) is 4.18. The standard InChI is InChI=1S/C18H19N7S/c1-13(14-2-3-16-15(10-14)20-12-26-16)23-6-8-24(9-7-23)18-21-17-11-19-4-5-25(17)22-18/h2-5,10-13H,6-9H2,1H3. The van der Waals surface area contributed by atoms with E-state index in [4.69, 9.17) is 0 Å². The molecule has 1 aliphatic heterocycles. The van der Waals surface area contributed by atoms with Crippen LogP contribution in [0, 0.1) is 0 Å². The molecule has 1 fully saturated rings. The minimum atomic E-state index is 0.376. The van der Waals surface area contributed by atoms with Gasteiger partial charge >= 0.3 is 0 Å². The predicted octanol–water partition coefficient (Wildman–Crippen LogP) is 2.62. The van der Waals surface area contributed by atoms with Gasteiger partial charge in [-0.15, -0.1) is 16.4 Å². The molecule has 132 valence electrons. The number of benzene rings is 1. The Morgan fingerprint density at radius 3 is 2.88 bits per heavy atom. The van der Waals surface area contributed by atoms with Crippen molar-refractivity contribution < 1.29 is 0 Å². The second-order valence-electron chi connectivity index (χ2n) is 6.57. The number of aromatic nitrogens is 5. The highest BCUT2D eigenvalue weighted by Gasteiger charge is 2.24. The van der Waals surface area contributed by atoms with Crippen molar-refractivity contribution in [2.75, 3.05) is 31.1 Å². The van der Waals surface area contributed by atoms with Gasteiger partial charge in [0, 0.05) is 44.6 Å². The van der Waals surface area contributed by atoms with E-state index in [9.17, 15) is 0 Å². The number of rotatable bonds is 3. The maximum Gasteiger partial charge on any atom is 0.245 e. The molecule has 4 heterocycles. The average molecular weight is 365 g/mol. The van der Waals surface area contributed by atoms with Gasteiger partial charge in [0.2, 0.25) is 5.95 Å². The van der Waals surface area contributed by atoms with E-state index in [1.807, 2.05) is 11.7 Å². The van der Waals surface area contributed by atoms with Crippen molar-refractivity contribution >= 4 is 33.1 Å². The lowest BCUT2D eigenvalue weighted by atomic mass is 10.1. The van der Waals surface area contributed by atoms with Crippen LogP contribution in [0.25, 0.3) is 15.9 Å². The summed E-state index contributed by atoms with van der Waals surface area (Å²) < 4.78 is 3.03. The quantitative estimate of drug-likeness (QED) is 0.556. The van der Waals surface area contributed by atoms with Gasteiger partial charge in [-0.25, -0.2) is 9.50 Å². The molecule has 0 amide bonds. The molecule has 5 rings (SSSR count). The monoisotopic (exact) mass is 365 g/mol. The zero-order valence-corrected chi connectivity index (χ0v) is 15.3. The largest absolute Gasteiger partial charge is 0.337 e. The molecule has 0 radical (unpaired) electrons. The van der Waals surface area contributed by atoms with E-state index in [0.29, 0.717) is 6.04 Å². The molecule has 0 saturated carbocycles. The molecule has 7 nitrogen and oxygen atoms in total. The summed E-state index contributed by atoms with van der Waals surface area (Å²) in [7, 11) is 0. The summed E-state index contributed by atoms with van der Waals surface area (Å²) in [4.78, 5) is 17.9. The molecule has 0 aliphatic carbocycles. The van der Waals surface area contributed by atoms with E-state index in [0.717, 1.165) is 43.3 Å². The molecule has 0 bridgehead atoms. The van der Waals surface area contributed by atoms with E-state index in [-0.39, 0.29) is 0 Å². The van der Waals surface area contributed by atoms with Crippen molar-refractivity contribution in [3.63, 3.8) is 0 Å². The molecule has 1 atom stereocenters. The van der Waals surface area contributed by atoms with Gasteiger partial charge in [0.05, 0.1) is 21.9 Å². The van der Waals surface area contributed by atoms with Crippen LogP contribution in [-0.2, 0) is 0 Å². The number of nitrogens with zero attached hydrogens (tertiary/aromatic N) is 7. The Bertz CT molecular complexity index is 1010. The van der Waals surface area contributed by atoms with Crippen molar-refractivity contribution in [3.8, 4) is 0 Å². The molecule has 4 aromatic rings. The maximum absolute atomic E-state index is 4.58. The fourth-order valence-electron chi connectivity index (χ4n) is 3.52. The van der Waals surface area contributed by atoms with Crippen LogP contribution in [0.1, 0.15) is 18.5 Å². The van der Waals surface area contributed by atoms with E-state index in [1.54, 1.807) is 28.2 Å². The van der Waals surface area contributed by atoms with E-state index in [1.165, 1.54) is 10.3 Å². The molecule has 1 unspecified atom stereocenters. The van der Waals surface area contributed by atoms with Crippen LogP contribution >= 0.6 is 11.3 Å². The van der Waals surface area contributed by atoms with Crippen LogP contribution in [0.2, 0.25) is 0 Å². The zero-order chi connectivity index (χ0) is 17.5. The van der Waals surface area contributed by atoms with Crippen LogP contribution in [0.5, 0.6) is 0 Å². The Balaban J connectivity index is 1.30. The van der Waals surface area contributed by atoms with Crippen LogP contribution in [-0.4, -0.2) is 55.6 Å². The SMILES string of the molecule is CC(c1ccc2scnc2c1)N1CCN(c2nc3cnccn3n2)CC1. The zero-order valence-electron chi connectivity index (χ0n) is 14.5. The van der Waals surface area contributed by atoms with E-state index in [2.05, 4.69) is 55.0 Å². The van der Waals surface area contributed by atoms with E-state index >= 15 is 0 Å². The number of thiazole rings is 1. The summed E-state index contributed by atoms with van der Waals surface area (Å²) in [5, 5.41) is 4.56. The molecular formula is C18H19N7S. The highest BCUT2D eigenvalue weighted by Crippen LogP contribution is 2.27. The number of anilines is 1. The van der Waals surface area contributed by atoms with Gasteiger partial charge in [0.1, 0.15) is 0 Å². The minimum absolute atomic E-state index is 0.376. The van der Waals surface area contributed by atoms with Gasteiger partial charge < -0.3 is 4.90 Å². The maximum atomic E-state index is 4.58. The third-order valence-electron chi connectivity index (χ3n) is 5.11. The van der Waals surface area contributed by atoms with Crippen molar-refractivity contribution in [3.05, 3.63) is 47.9 Å². The summed E-state index contributed by atoms with van der Waals surface area (Å²) in [6.07, 6.45) is 5.30. The third kappa shape index (κ3) is 2.71. The van der Waals surface area contributed by atoms with Gasteiger partial charge in [-0.1, -0.05) is 6.07 Å². The number of hydrogen-bond acceptors (Lipinski definition) is 7. The summed E-state index contributed by atoms with van der Waals surface area (Å²) in [6, 6.07) is 7.01. The summed E-state index contributed by atoms with van der Waals surface area (Å²) in [5.74, 6) is 0.786. The summed E-state index contributed by atoms with van der Waals surface area (Å²) in [5.41, 5.74) is 5.12. The minimum Gasteiger partial charge on any atom is -0.337 e. The molecule has 1 aromatic carbocycles. The van der Waals surface area contributed by atoms with Crippen molar-refractivity contribution in [2.45, 2.75) is 13.0 Å². The molecule has 26 heavy (non-hydrogen) atoms. The second-order valence-corrected chi connectivity index (χ2v) is 7.46. The number of fused-ring (bicyclic) bond motifs is 2. The van der Waals surface area contributed by atoms with Crippen LogP contribution in [0.15, 0.2) is 42.3 Å². The van der Waals surface area contributed by atoms with Crippen molar-refractivity contribution in [2.24, 2.45) is 0 Å². The Morgan fingerprint density at radius 1 is 1.15 bits per heavy atom. The summed E-state index contributed by atoms with van der Waals surface area (Å²) in [6.45, 7) is 6.10. The van der Waals surface area contributed by atoms with Crippen LogP contribution in [0.4, 0.5) is 5.95 Å². The first kappa shape index (κ1) is 15.7. The Morgan fingerprint density at radius 2 is 2.04 bits per heavy atom. The topological polar surface area (TPSA) is 62.5 Å². The average Bonchev–Trinajstić information content (AvgIpc) is 3.33. The Kier molecular flexibility index (Phi) is 3.79. The van der Waals surface area contributed by atoms with Gasteiger partial charge in [-0.05, 0) is 24.6 Å². The molecule has 0 spiro atoms. The van der Waals surface area contributed by atoms with Crippen LogP contribution in [0.3, 0.4) is 0 Å². The molecule has 1 aliphatic rings. The molecule has 0 N–H and O–H groups in total. The highest BCUT2D eigenvalue weighted by atomic mass is 32.1. The van der Waals surface area contributed by atoms with Gasteiger partial charge in [0.25, 0.3) is 0 Å². The van der Waals surface area contributed by atoms with Gasteiger partial charge in [-0.2, -0.15) is 4.98 Å². The highest BCUT2D eigenvalue weighted by molar-refractivity contribution is 7.16. The summed E-state index contributed by atoms with van der Waals surface area (Å²) >= 11 is 1.69. The van der Waals surface area contributed by atoms with Crippen molar-refractivity contribution in [1.29, 1.82) is 0 Å². The Hall–Kier alpha value is -2.58. The normalized spacial score (nSPS) is 17.2. The van der Waals surface area contributed by atoms with Gasteiger partial charge in [-0.3, -0.25) is 9.88 Å². The third-order valence-corrected chi connectivity index (χ3v) is 5.92. The first-order chi connectivity index (χ1) is 12.8. The molecule has 3 aromatic heterocycles. The number of hydrogen-bond donors (Lipinski definition) is 0. The first-order valence-corrected chi connectivity index (χ1v) is 9.64.